The summed E-state index contributed by atoms with van der Waals surface area (Å²) in [6.07, 6.45) is 7.59. The smallest absolute Gasteiger partial charge is 0.227 e. The SMILES string of the molecule is CCNC(=NCc1ccc(N2CCCC2=O)cc1)NCCCc1cnn(C)c1. The van der Waals surface area contributed by atoms with E-state index < -0.39 is 0 Å². The van der Waals surface area contributed by atoms with Crippen molar-refractivity contribution in [3.05, 3.63) is 47.8 Å². The number of amides is 1. The topological polar surface area (TPSA) is 74.6 Å². The van der Waals surface area contributed by atoms with Gasteiger partial charge >= 0.3 is 0 Å². The van der Waals surface area contributed by atoms with Crippen molar-refractivity contribution in [2.45, 2.75) is 39.2 Å². The molecule has 1 saturated heterocycles. The molecule has 0 aliphatic carbocycles. The first kappa shape index (κ1) is 19.9. The van der Waals surface area contributed by atoms with Crippen LogP contribution in [0.2, 0.25) is 0 Å². The van der Waals surface area contributed by atoms with Gasteiger partial charge in [-0.2, -0.15) is 5.10 Å². The Balaban J connectivity index is 1.48. The minimum absolute atomic E-state index is 0.218. The molecule has 150 valence electrons. The lowest BCUT2D eigenvalue weighted by atomic mass is 10.2. The maximum Gasteiger partial charge on any atom is 0.227 e. The standard InChI is InChI=1S/C21H30N6O/c1-3-22-21(23-12-4-6-18-15-25-26(2)16-18)24-14-17-8-10-19(11-9-17)27-13-5-7-20(27)28/h8-11,15-16H,3-7,12-14H2,1-2H3,(H2,22,23,24). The van der Waals surface area contributed by atoms with Crippen LogP contribution in [0, 0.1) is 0 Å². The molecule has 0 bridgehead atoms. The molecule has 1 aromatic carbocycles. The number of hydrogen-bond acceptors (Lipinski definition) is 3. The van der Waals surface area contributed by atoms with Gasteiger partial charge in [0.2, 0.25) is 5.91 Å². The zero-order valence-electron chi connectivity index (χ0n) is 16.8. The third-order valence-corrected chi connectivity index (χ3v) is 4.78. The van der Waals surface area contributed by atoms with Gasteiger partial charge in [-0.25, -0.2) is 4.99 Å². The van der Waals surface area contributed by atoms with Gasteiger partial charge in [-0.05, 0) is 49.4 Å². The largest absolute Gasteiger partial charge is 0.357 e. The van der Waals surface area contributed by atoms with E-state index in [4.69, 9.17) is 0 Å². The van der Waals surface area contributed by atoms with E-state index in [0.29, 0.717) is 13.0 Å². The van der Waals surface area contributed by atoms with Gasteiger partial charge in [-0.3, -0.25) is 9.48 Å². The quantitative estimate of drug-likeness (QED) is 0.417. The van der Waals surface area contributed by atoms with Gasteiger partial charge in [0.05, 0.1) is 12.7 Å². The second-order valence-electron chi connectivity index (χ2n) is 7.06. The van der Waals surface area contributed by atoms with Crippen molar-refractivity contribution in [1.29, 1.82) is 0 Å². The van der Waals surface area contributed by atoms with E-state index >= 15 is 0 Å². The fraction of sp³-hybridized carbons (Fsp3) is 0.476. The molecular weight excluding hydrogens is 352 g/mol. The van der Waals surface area contributed by atoms with Crippen molar-refractivity contribution >= 4 is 17.6 Å². The second-order valence-corrected chi connectivity index (χ2v) is 7.06. The Morgan fingerprint density at radius 1 is 1.21 bits per heavy atom. The van der Waals surface area contributed by atoms with Gasteiger partial charge in [0.1, 0.15) is 0 Å². The third kappa shape index (κ3) is 5.58. The lowest BCUT2D eigenvalue weighted by Crippen LogP contribution is -2.37. The number of carbonyl (C=O) groups excluding carboxylic acids is 1. The lowest BCUT2D eigenvalue weighted by molar-refractivity contribution is -0.117. The van der Waals surface area contributed by atoms with Crippen LogP contribution in [0.1, 0.15) is 37.3 Å². The summed E-state index contributed by atoms with van der Waals surface area (Å²) in [5.41, 5.74) is 3.36. The molecule has 2 N–H and O–H groups in total. The number of nitrogens with zero attached hydrogens (tertiary/aromatic N) is 4. The first-order chi connectivity index (χ1) is 13.7. The fourth-order valence-electron chi connectivity index (χ4n) is 3.31. The molecule has 1 amide bonds. The number of anilines is 1. The van der Waals surface area contributed by atoms with Crippen LogP contribution in [-0.2, 0) is 24.8 Å². The van der Waals surface area contributed by atoms with E-state index in [2.05, 4.69) is 46.0 Å². The van der Waals surface area contributed by atoms with E-state index in [9.17, 15) is 4.79 Å². The molecule has 0 saturated carbocycles. The summed E-state index contributed by atoms with van der Waals surface area (Å²) in [6.45, 7) is 5.17. The Morgan fingerprint density at radius 3 is 2.68 bits per heavy atom. The molecule has 1 aliphatic heterocycles. The molecule has 2 aromatic rings. The molecular formula is C21H30N6O. The van der Waals surface area contributed by atoms with Crippen LogP contribution in [-0.4, -0.2) is 41.3 Å². The van der Waals surface area contributed by atoms with Crippen LogP contribution in [0.5, 0.6) is 0 Å². The molecule has 7 heteroatoms. The first-order valence-corrected chi connectivity index (χ1v) is 10.0. The number of rotatable bonds is 8. The molecule has 1 aromatic heterocycles. The van der Waals surface area contributed by atoms with Crippen molar-refractivity contribution in [2.24, 2.45) is 12.0 Å². The Labute approximate surface area is 166 Å². The molecule has 0 unspecified atom stereocenters. The van der Waals surface area contributed by atoms with E-state index in [-0.39, 0.29) is 5.91 Å². The number of carbonyl (C=O) groups is 1. The van der Waals surface area contributed by atoms with Gasteiger partial charge in [-0.1, -0.05) is 12.1 Å². The molecule has 2 heterocycles. The number of benzene rings is 1. The first-order valence-electron chi connectivity index (χ1n) is 10.0. The van der Waals surface area contributed by atoms with Crippen LogP contribution in [0.3, 0.4) is 0 Å². The number of hydrogen-bond donors (Lipinski definition) is 2. The second kappa shape index (κ2) is 9.92. The zero-order valence-corrected chi connectivity index (χ0v) is 16.8. The lowest BCUT2D eigenvalue weighted by Gasteiger charge is -2.16. The number of aryl methyl sites for hydroxylation is 2. The molecule has 0 radical (unpaired) electrons. The van der Waals surface area contributed by atoms with Gasteiger partial charge in [-0.15, -0.1) is 0 Å². The molecule has 7 nitrogen and oxygen atoms in total. The number of aliphatic imine (C=N–C) groups is 1. The van der Waals surface area contributed by atoms with Gasteiger partial charge < -0.3 is 15.5 Å². The van der Waals surface area contributed by atoms with Crippen LogP contribution < -0.4 is 15.5 Å². The molecule has 28 heavy (non-hydrogen) atoms. The predicted octanol–water partition coefficient (Wildman–Crippen LogP) is 2.23. The van der Waals surface area contributed by atoms with Crippen molar-refractivity contribution in [2.75, 3.05) is 24.5 Å². The van der Waals surface area contributed by atoms with Gasteiger partial charge in [0, 0.05) is 45.0 Å². The van der Waals surface area contributed by atoms with E-state index in [1.807, 2.05) is 35.0 Å². The minimum atomic E-state index is 0.218. The predicted molar refractivity (Wildman–Crippen MR) is 112 cm³/mol. The molecule has 3 rings (SSSR count). The van der Waals surface area contributed by atoms with Crippen molar-refractivity contribution in [1.82, 2.24) is 20.4 Å². The van der Waals surface area contributed by atoms with Crippen molar-refractivity contribution < 1.29 is 4.79 Å². The van der Waals surface area contributed by atoms with Crippen LogP contribution in [0.15, 0.2) is 41.7 Å². The summed E-state index contributed by atoms with van der Waals surface area (Å²) >= 11 is 0. The third-order valence-electron chi connectivity index (χ3n) is 4.78. The number of guanidine groups is 1. The summed E-state index contributed by atoms with van der Waals surface area (Å²) in [5, 5.41) is 10.9. The molecule has 0 spiro atoms. The van der Waals surface area contributed by atoms with Crippen LogP contribution >= 0.6 is 0 Å². The van der Waals surface area contributed by atoms with E-state index in [1.165, 1.54) is 5.56 Å². The van der Waals surface area contributed by atoms with Gasteiger partial charge in [0.25, 0.3) is 0 Å². The molecule has 0 atom stereocenters. The van der Waals surface area contributed by atoms with Crippen molar-refractivity contribution in [3.63, 3.8) is 0 Å². The van der Waals surface area contributed by atoms with Crippen LogP contribution in [0.25, 0.3) is 0 Å². The average molecular weight is 383 g/mol. The summed E-state index contributed by atoms with van der Waals surface area (Å²) in [4.78, 5) is 18.4. The highest BCUT2D eigenvalue weighted by atomic mass is 16.2. The average Bonchev–Trinajstić information content (AvgIpc) is 3.31. The highest BCUT2D eigenvalue weighted by molar-refractivity contribution is 5.95. The monoisotopic (exact) mass is 382 g/mol. The summed E-state index contributed by atoms with van der Waals surface area (Å²) in [5.74, 6) is 1.04. The van der Waals surface area contributed by atoms with Gasteiger partial charge in [0.15, 0.2) is 5.96 Å². The number of aromatic nitrogens is 2. The highest BCUT2D eigenvalue weighted by Gasteiger charge is 2.21. The molecule has 1 aliphatic rings. The molecule has 1 fully saturated rings. The normalized spacial score (nSPS) is 14.6. The maximum atomic E-state index is 11.8. The van der Waals surface area contributed by atoms with E-state index in [0.717, 1.165) is 56.1 Å². The Hall–Kier alpha value is -2.83. The maximum absolute atomic E-state index is 11.8. The summed E-state index contributed by atoms with van der Waals surface area (Å²) in [7, 11) is 1.94. The van der Waals surface area contributed by atoms with Crippen molar-refractivity contribution in [3.8, 4) is 0 Å². The fourth-order valence-corrected chi connectivity index (χ4v) is 3.31. The van der Waals surface area contributed by atoms with E-state index in [1.54, 1.807) is 0 Å². The Morgan fingerprint density at radius 2 is 2.04 bits per heavy atom. The zero-order chi connectivity index (χ0) is 19.8. The minimum Gasteiger partial charge on any atom is -0.357 e. The summed E-state index contributed by atoms with van der Waals surface area (Å²) < 4.78 is 1.83. The summed E-state index contributed by atoms with van der Waals surface area (Å²) in [6, 6.07) is 8.14. The Kier molecular flexibility index (Phi) is 7.06. The van der Waals surface area contributed by atoms with Crippen LogP contribution in [0.4, 0.5) is 5.69 Å². The highest BCUT2D eigenvalue weighted by Crippen LogP contribution is 2.21. The number of nitrogens with one attached hydrogen (secondary N) is 2. The Bertz CT molecular complexity index is 795.